The van der Waals surface area contributed by atoms with Crippen LogP contribution in [-0.4, -0.2) is 28.9 Å². The number of nitrogens with one attached hydrogen (secondary N) is 2. The summed E-state index contributed by atoms with van der Waals surface area (Å²) >= 11 is 1.41. The van der Waals surface area contributed by atoms with Gasteiger partial charge in [-0.1, -0.05) is 71.7 Å². The van der Waals surface area contributed by atoms with Gasteiger partial charge in [-0.05, 0) is 59.6 Å². The van der Waals surface area contributed by atoms with Gasteiger partial charge >= 0.3 is 0 Å². The van der Waals surface area contributed by atoms with Gasteiger partial charge in [0.2, 0.25) is 0 Å². The number of hydrogen-bond donors (Lipinski definition) is 2. The van der Waals surface area contributed by atoms with E-state index in [2.05, 4.69) is 62.4 Å². The van der Waals surface area contributed by atoms with Crippen LogP contribution in [0.5, 0.6) is 5.75 Å². The maximum Gasteiger partial charge on any atom is 0.271 e. The number of hydrogen-bond acceptors (Lipinski definition) is 5. The van der Waals surface area contributed by atoms with Crippen LogP contribution in [0.3, 0.4) is 0 Å². The first-order valence-electron chi connectivity index (χ1n) is 13.5. The van der Waals surface area contributed by atoms with Crippen molar-refractivity contribution in [1.82, 2.24) is 15.6 Å². The Bertz CT molecular complexity index is 1230. The number of rotatable bonds is 8. The molecule has 7 heteroatoms. The summed E-state index contributed by atoms with van der Waals surface area (Å²) in [4.78, 5) is 30.5. The van der Waals surface area contributed by atoms with Gasteiger partial charge in [-0.3, -0.25) is 9.59 Å². The first-order valence-corrected chi connectivity index (χ1v) is 14.4. The molecule has 1 fully saturated rings. The van der Waals surface area contributed by atoms with Crippen LogP contribution in [0.15, 0.2) is 53.9 Å². The van der Waals surface area contributed by atoms with Crippen LogP contribution in [0.1, 0.15) is 103 Å². The van der Waals surface area contributed by atoms with Gasteiger partial charge in [0.1, 0.15) is 23.1 Å². The Morgan fingerprint density at radius 3 is 2.13 bits per heavy atom. The van der Waals surface area contributed by atoms with Gasteiger partial charge < -0.3 is 15.4 Å². The van der Waals surface area contributed by atoms with Crippen LogP contribution in [-0.2, 0) is 12.0 Å². The smallest absolute Gasteiger partial charge is 0.271 e. The summed E-state index contributed by atoms with van der Waals surface area (Å²) in [7, 11) is 0. The standard InChI is InChI=1S/C31H39N3O3S/c1-20(2)21-12-16-24(17-13-21)37-18-28-32-27(19-38-28)30(36)34-26-9-7-6-8-25(26)33-29(35)22-10-14-23(15-11-22)31(3,4)5/h10-17,19-20,25-26H,6-9,18H2,1-5H3,(H,33,35)(H,34,36)/t25-,26-/m0/s1. The molecule has 6 nitrogen and oxygen atoms in total. The number of carbonyl (C=O) groups is 2. The summed E-state index contributed by atoms with van der Waals surface area (Å²) < 4.78 is 5.87. The van der Waals surface area contributed by atoms with Crippen molar-refractivity contribution in [2.24, 2.45) is 0 Å². The number of nitrogens with zero attached hydrogens (tertiary/aromatic N) is 1. The Hall–Kier alpha value is -3.19. The van der Waals surface area contributed by atoms with Crippen molar-refractivity contribution in [2.75, 3.05) is 0 Å². The van der Waals surface area contributed by atoms with E-state index in [1.807, 2.05) is 36.4 Å². The van der Waals surface area contributed by atoms with Crippen molar-refractivity contribution in [1.29, 1.82) is 0 Å². The Kier molecular flexibility index (Phi) is 8.87. The predicted molar refractivity (Wildman–Crippen MR) is 153 cm³/mol. The molecule has 1 saturated carbocycles. The molecule has 38 heavy (non-hydrogen) atoms. The normalized spacial score (nSPS) is 17.7. The SMILES string of the molecule is CC(C)c1ccc(OCc2nc(C(=O)N[C@H]3CCCC[C@@H]3NC(=O)c3ccc(C(C)(C)C)cc3)cs2)cc1. The molecular weight excluding hydrogens is 494 g/mol. The van der Waals surface area contributed by atoms with Crippen molar-refractivity contribution in [2.45, 2.75) is 90.3 Å². The van der Waals surface area contributed by atoms with Gasteiger partial charge in [0.05, 0.1) is 0 Å². The van der Waals surface area contributed by atoms with E-state index >= 15 is 0 Å². The molecule has 0 aliphatic heterocycles. The number of amides is 2. The van der Waals surface area contributed by atoms with Gasteiger partial charge in [0, 0.05) is 23.0 Å². The molecule has 0 bridgehead atoms. The zero-order valence-electron chi connectivity index (χ0n) is 23.0. The van der Waals surface area contributed by atoms with Crippen LogP contribution in [0.25, 0.3) is 0 Å². The van der Waals surface area contributed by atoms with E-state index in [1.165, 1.54) is 22.5 Å². The second-order valence-electron chi connectivity index (χ2n) is 11.4. The maximum atomic E-state index is 13.0. The average molecular weight is 534 g/mol. The lowest BCUT2D eigenvalue weighted by Crippen LogP contribution is -2.53. The Morgan fingerprint density at radius 1 is 0.947 bits per heavy atom. The fourth-order valence-electron chi connectivity index (χ4n) is 4.67. The lowest BCUT2D eigenvalue weighted by atomic mass is 9.86. The van der Waals surface area contributed by atoms with Crippen molar-refractivity contribution < 1.29 is 14.3 Å². The minimum absolute atomic E-state index is 0.0362. The molecule has 202 valence electrons. The molecule has 4 rings (SSSR count). The highest BCUT2D eigenvalue weighted by Gasteiger charge is 2.29. The average Bonchev–Trinajstić information content (AvgIpc) is 3.38. The molecule has 2 N–H and O–H groups in total. The van der Waals surface area contributed by atoms with Gasteiger partial charge in [-0.15, -0.1) is 11.3 Å². The molecule has 1 heterocycles. The minimum atomic E-state index is -0.213. The van der Waals surface area contributed by atoms with Crippen molar-refractivity contribution in [3.63, 3.8) is 0 Å². The fourth-order valence-corrected chi connectivity index (χ4v) is 5.35. The Morgan fingerprint density at radius 2 is 1.55 bits per heavy atom. The van der Waals surface area contributed by atoms with E-state index < -0.39 is 0 Å². The third kappa shape index (κ3) is 7.22. The monoisotopic (exact) mass is 533 g/mol. The third-order valence-corrected chi connectivity index (χ3v) is 7.93. The number of aromatic nitrogens is 1. The van der Waals surface area contributed by atoms with E-state index in [1.54, 1.807) is 5.38 Å². The Labute approximate surface area is 230 Å². The van der Waals surface area contributed by atoms with Crippen molar-refractivity contribution in [3.8, 4) is 5.75 Å². The van der Waals surface area contributed by atoms with Crippen molar-refractivity contribution in [3.05, 3.63) is 81.3 Å². The highest BCUT2D eigenvalue weighted by molar-refractivity contribution is 7.09. The summed E-state index contributed by atoms with van der Waals surface area (Å²) in [6, 6.07) is 15.6. The summed E-state index contributed by atoms with van der Waals surface area (Å²) in [6.07, 6.45) is 3.70. The lowest BCUT2D eigenvalue weighted by molar-refractivity contribution is 0.0860. The van der Waals surface area contributed by atoms with Crippen LogP contribution in [0, 0.1) is 0 Å². The molecule has 1 aliphatic rings. The maximum absolute atomic E-state index is 13.0. The molecule has 0 saturated heterocycles. The second-order valence-corrected chi connectivity index (χ2v) is 12.4. The topological polar surface area (TPSA) is 80.3 Å². The third-order valence-electron chi connectivity index (χ3n) is 7.11. The fraction of sp³-hybridized carbons (Fsp3) is 0.452. The zero-order valence-corrected chi connectivity index (χ0v) is 23.9. The molecule has 0 radical (unpaired) electrons. The number of thiazole rings is 1. The van der Waals surface area contributed by atoms with Gasteiger partial charge in [-0.25, -0.2) is 4.98 Å². The molecule has 2 atom stereocenters. The highest BCUT2D eigenvalue weighted by atomic mass is 32.1. The van der Waals surface area contributed by atoms with E-state index in [4.69, 9.17) is 4.74 Å². The zero-order chi connectivity index (χ0) is 27.3. The molecule has 1 aliphatic carbocycles. The largest absolute Gasteiger partial charge is 0.486 e. The molecule has 0 spiro atoms. The Balaban J connectivity index is 1.32. The van der Waals surface area contributed by atoms with Crippen LogP contribution < -0.4 is 15.4 Å². The quantitative estimate of drug-likeness (QED) is 0.341. The van der Waals surface area contributed by atoms with Gasteiger partial charge in [0.25, 0.3) is 11.8 Å². The predicted octanol–water partition coefficient (Wildman–Crippen LogP) is 6.61. The minimum Gasteiger partial charge on any atom is -0.486 e. The molecule has 2 amide bonds. The van der Waals surface area contributed by atoms with Gasteiger partial charge in [0.15, 0.2) is 0 Å². The summed E-state index contributed by atoms with van der Waals surface area (Å²) in [5.74, 6) is 0.936. The van der Waals surface area contributed by atoms with E-state index in [0.29, 0.717) is 23.8 Å². The lowest BCUT2D eigenvalue weighted by Gasteiger charge is -2.32. The van der Waals surface area contributed by atoms with E-state index in [-0.39, 0.29) is 29.3 Å². The summed E-state index contributed by atoms with van der Waals surface area (Å²) in [5, 5.41) is 8.80. The van der Waals surface area contributed by atoms with E-state index in [0.717, 1.165) is 36.4 Å². The molecular formula is C31H39N3O3S. The number of ether oxygens (including phenoxy) is 1. The summed E-state index contributed by atoms with van der Waals surface area (Å²) in [6.45, 7) is 11.1. The second kappa shape index (κ2) is 12.1. The first-order chi connectivity index (χ1) is 18.1. The van der Waals surface area contributed by atoms with Crippen LogP contribution in [0.4, 0.5) is 0 Å². The highest BCUT2D eigenvalue weighted by Crippen LogP contribution is 2.24. The number of carbonyl (C=O) groups excluding carboxylic acids is 2. The van der Waals surface area contributed by atoms with Crippen LogP contribution >= 0.6 is 11.3 Å². The molecule has 0 unspecified atom stereocenters. The first kappa shape index (κ1) is 27.8. The van der Waals surface area contributed by atoms with Gasteiger partial charge in [-0.2, -0.15) is 0 Å². The summed E-state index contributed by atoms with van der Waals surface area (Å²) in [5.41, 5.74) is 3.51. The molecule has 1 aromatic heterocycles. The molecule has 2 aromatic carbocycles. The number of benzene rings is 2. The van der Waals surface area contributed by atoms with Crippen LogP contribution in [0.2, 0.25) is 0 Å². The molecule has 3 aromatic rings. The van der Waals surface area contributed by atoms with Crippen molar-refractivity contribution >= 4 is 23.2 Å². The van der Waals surface area contributed by atoms with E-state index in [9.17, 15) is 9.59 Å².